The molecule has 1 fully saturated rings. The largest absolute Gasteiger partial charge is 0.339 e. The van der Waals surface area contributed by atoms with Crippen LogP contribution < -0.4 is 0 Å². The van der Waals surface area contributed by atoms with E-state index in [0.717, 1.165) is 25.9 Å². The van der Waals surface area contributed by atoms with Crippen LogP contribution in [0, 0.1) is 0 Å². The first kappa shape index (κ1) is 11.2. The van der Waals surface area contributed by atoms with Gasteiger partial charge >= 0.3 is 0 Å². The van der Waals surface area contributed by atoms with Crippen LogP contribution in [-0.2, 0) is 4.79 Å². The third kappa shape index (κ3) is 2.84. The molecule has 0 aromatic rings. The Labute approximate surface area is 86.4 Å². The van der Waals surface area contributed by atoms with E-state index < -0.39 is 0 Å². The molecule has 0 aromatic carbocycles. The molecule has 80 valence electrons. The molecule has 0 saturated carbocycles. The molecule has 0 unspecified atom stereocenters. The van der Waals surface area contributed by atoms with Crippen LogP contribution in [0.2, 0.25) is 0 Å². The van der Waals surface area contributed by atoms with Gasteiger partial charge < -0.3 is 9.80 Å². The highest BCUT2D eigenvalue weighted by molar-refractivity contribution is 5.87. The Kier molecular flexibility index (Phi) is 4.14. The maximum Gasteiger partial charge on any atom is 0.246 e. The minimum Gasteiger partial charge on any atom is -0.339 e. The van der Waals surface area contributed by atoms with Crippen LogP contribution >= 0.6 is 0 Å². The summed E-state index contributed by atoms with van der Waals surface area (Å²) < 4.78 is 0. The topological polar surface area (TPSA) is 23.6 Å². The van der Waals surface area contributed by atoms with Crippen LogP contribution in [0.4, 0.5) is 0 Å². The molecule has 0 aromatic heterocycles. The highest BCUT2D eigenvalue weighted by Gasteiger charge is 2.22. The van der Waals surface area contributed by atoms with E-state index in [9.17, 15) is 4.79 Å². The Hall–Kier alpha value is -0.830. The normalized spacial score (nSPS) is 20.2. The first-order valence-corrected chi connectivity index (χ1v) is 5.23. The van der Waals surface area contributed by atoms with Crippen LogP contribution in [0.15, 0.2) is 12.2 Å². The van der Waals surface area contributed by atoms with Crippen molar-refractivity contribution in [1.82, 2.24) is 9.80 Å². The van der Waals surface area contributed by atoms with Gasteiger partial charge in [-0.1, -0.05) is 6.08 Å². The van der Waals surface area contributed by atoms with Gasteiger partial charge in [-0.2, -0.15) is 0 Å². The van der Waals surface area contributed by atoms with E-state index in [1.807, 2.05) is 18.9 Å². The molecule has 1 aliphatic heterocycles. The summed E-state index contributed by atoms with van der Waals surface area (Å²) in [5.41, 5.74) is 0. The Bertz CT molecular complexity index is 217. The summed E-state index contributed by atoms with van der Waals surface area (Å²) in [6, 6.07) is 0.426. The van der Waals surface area contributed by atoms with E-state index in [2.05, 4.69) is 11.9 Å². The zero-order chi connectivity index (χ0) is 10.6. The van der Waals surface area contributed by atoms with Gasteiger partial charge in [0.15, 0.2) is 0 Å². The van der Waals surface area contributed by atoms with Gasteiger partial charge in [0.2, 0.25) is 5.91 Å². The number of nitrogens with zero attached hydrogens (tertiary/aromatic N) is 2. The highest BCUT2D eigenvalue weighted by Crippen LogP contribution is 2.14. The van der Waals surface area contributed by atoms with Crippen molar-refractivity contribution in [3.63, 3.8) is 0 Å². The van der Waals surface area contributed by atoms with Gasteiger partial charge in [-0.25, -0.2) is 0 Å². The molecular weight excluding hydrogens is 176 g/mol. The van der Waals surface area contributed by atoms with Crippen LogP contribution in [-0.4, -0.2) is 48.9 Å². The summed E-state index contributed by atoms with van der Waals surface area (Å²) in [6.45, 7) is 4.07. The van der Waals surface area contributed by atoms with Gasteiger partial charge in [0.1, 0.15) is 0 Å². The first-order chi connectivity index (χ1) is 6.65. The number of likely N-dealkylation sites (tertiary alicyclic amines) is 1. The molecule has 1 saturated heterocycles. The Morgan fingerprint density at radius 2 is 2.00 bits per heavy atom. The van der Waals surface area contributed by atoms with Gasteiger partial charge in [-0.3, -0.25) is 4.79 Å². The predicted octanol–water partition coefficient (Wildman–Crippen LogP) is 1.12. The lowest BCUT2D eigenvalue weighted by Crippen LogP contribution is -2.43. The Morgan fingerprint density at radius 3 is 2.50 bits per heavy atom. The molecule has 3 nitrogen and oxygen atoms in total. The molecule has 1 rings (SSSR count). The quantitative estimate of drug-likeness (QED) is 0.618. The van der Waals surface area contributed by atoms with Crippen molar-refractivity contribution >= 4 is 5.91 Å². The maximum absolute atomic E-state index is 11.5. The minimum atomic E-state index is 0.127. The number of carbonyl (C=O) groups excluding carboxylic acids is 1. The van der Waals surface area contributed by atoms with E-state index >= 15 is 0 Å². The lowest BCUT2D eigenvalue weighted by Gasteiger charge is -2.34. The molecule has 0 radical (unpaired) electrons. The van der Waals surface area contributed by atoms with E-state index in [1.54, 1.807) is 12.2 Å². The molecule has 0 atom stereocenters. The zero-order valence-corrected chi connectivity index (χ0v) is 9.36. The van der Waals surface area contributed by atoms with Crippen LogP contribution in [0.3, 0.4) is 0 Å². The molecule has 0 spiro atoms. The van der Waals surface area contributed by atoms with Crippen LogP contribution in [0.1, 0.15) is 19.8 Å². The maximum atomic E-state index is 11.5. The molecule has 1 heterocycles. The minimum absolute atomic E-state index is 0.127. The monoisotopic (exact) mass is 196 g/mol. The van der Waals surface area contributed by atoms with E-state index in [0.29, 0.717) is 6.04 Å². The standard InChI is InChI=1S/C11H20N2O/c1-4-5-11(14)13(3)10-6-8-12(2)9-7-10/h4-5,10H,6-9H2,1-3H3/b5-4+. The molecule has 1 amide bonds. The van der Waals surface area contributed by atoms with E-state index in [4.69, 9.17) is 0 Å². The molecule has 0 N–H and O–H groups in total. The summed E-state index contributed by atoms with van der Waals surface area (Å²) in [7, 11) is 4.03. The summed E-state index contributed by atoms with van der Waals surface area (Å²) in [5, 5.41) is 0. The summed E-state index contributed by atoms with van der Waals surface area (Å²) in [4.78, 5) is 15.7. The van der Waals surface area contributed by atoms with E-state index in [-0.39, 0.29) is 5.91 Å². The fourth-order valence-electron chi connectivity index (χ4n) is 1.82. The van der Waals surface area contributed by atoms with Gasteiger partial charge in [0.25, 0.3) is 0 Å². The fraction of sp³-hybridized carbons (Fsp3) is 0.727. The number of hydrogen-bond acceptors (Lipinski definition) is 2. The molecular formula is C11H20N2O. The molecule has 0 aliphatic carbocycles. The lowest BCUT2D eigenvalue weighted by atomic mass is 10.0. The first-order valence-electron chi connectivity index (χ1n) is 5.23. The van der Waals surface area contributed by atoms with Gasteiger partial charge in [-0.15, -0.1) is 0 Å². The highest BCUT2D eigenvalue weighted by atomic mass is 16.2. The summed E-state index contributed by atoms with van der Waals surface area (Å²) in [6.07, 6.45) is 5.62. The third-order valence-electron chi connectivity index (χ3n) is 2.89. The van der Waals surface area contributed by atoms with Crippen molar-refractivity contribution in [2.24, 2.45) is 0 Å². The van der Waals surface area contributed by atoms with Crippen molar-refractivity contribution in [2.75, 3.05) is 27.2 Å². The second-order valence-corrected chi connectivity index (χ2v) is 3.98. The second-order valence-electron chi connectivity index (χ2n) is 3.98. The smallest absolute Gasteiger partial charge is 0.246 e. The van der Waals surface area contributed by atoms with Crippen molar-refractivity contribution in [1.29, 1.82) is 0 Å². The van der Waals surface area contributed by atoms with E-state index in [1.165, 1.54) is 0 Å². The van der Waals surface area contributed by atoms with Crippen molar-refractivity contribution < 1.29 is 4.79 Å². The second kappa shape index (κ2) is 5.15. The fourth-order valence-corrected chi connectivity index (χ4v) is 1.82. The Morgan fingerprint density at radius 1 is 1.43 bits per heavy atom. The number of hydrogen-bond donors (Lipinski definition) is 0. The summed E-state index contributed by atoms with van der Waals surface area (Å²) in [5.74, 6) is 0.127. The third-order valence-corrected chi connectivity index (χ3v) is 2.89. The molecule has 14 heavy (non-hydrogen) atoms. The van der Waals surface area contributed by atoms with Crippen molar-refractivity contribution in [2.45, 2.75) is 25.8 Å². The average molecular weight is 196 g/mol. The lowest BCUT2D eigenvalue weighted by molar-refractivity contribution is -0.127. The van der Waals surface area contributed by atoms with Crippen molar-refractivity contribution in [3.05, 3.63) is 12.2 Å². The number of rotatable bonds is 2. The average Bonchev–Trinajstić information content (AvgIpc) is 2.18. The number of amides is 1. The number of carbonyl (C=O) groups is 1. The van der Waals surface area contributed by atoms with Crippen LogP contribution in [0.25, 0.3) is 0 Å². The molecule has 1 aliphatic rings. The Balaban J connectivity index is 2.45. The number of likely N-dealkylation sites (N-methyl/N-ethyl adjacent to an activating group) is 1. The summed E-state index contributed by atoms with van der Waals surface area (Å²) >= 11 is 0. The number of piperidine rings is 1. The molecule has 3 heteroatoms. The zero-order valence-electron chi connectivity index (χ0n) is 9.36. The van der Waals surface area contributed by atoms with Crippen molar-refractivity contribution in [3.8, 4) is 0 Å². The van der Waals surface area contributed by atoms with Gasteiger partial charge in [0, 0.05) is 13.1 Å². The van der Waals surface area contributed by atoms with Crippen LogP contribution in [0.5, 0.6) is 0 Å². The SMILES string of the molecule is C/C=C/C(=O)N(C)C1CCN(C)CC1. The van der Waals surface area contributed by atoms with Gasteiger partial charge in [-0.05, 0) is 46.0 Å². The molecule has 0 bridgehead atoms. The predicted molar refractivity (Wildman–Crippen MR) is 58.1 cm³/mol. The van der Waals surface area contributed by atoms with Gasteiger partial charge in [0.05, 0.1) is 0 Å². The number of allylic oxidation sites excluding steroid dienone is 1.